The molecule has 0 aliphatic carbocycles. The molecule has 2 N–H and O–H groups in total. The minimum atomic E-state index is -4.46. The predicted molar refractivity (Wildman–Crippen MR) is 97.6 cm³/mol. The van der Waals surface area contributed by atoms with Crippen molar-refractivity contribution in [2.45, 2.75) is 12.7 Å². The summed E-state index contributed by atoms with van der Waals surface area (Å²) in [6.07, 6.45) is -4.46. The number of hydrogen-bond acceptors (Lipinski definition) is 2. The predicted octanol–water partition coefficient (Wildman–Crippen LogP) is 5.18. The summed E-state index contributed by atoms with van der Waals surface area (Å²) in [6, 6.07) is 22.2. The lowest BCUT2D eigenvalue weighted by atomic mass is 10.1. The van der Waals surface area contributed by atoms with E-state index < -0.39 is 17.6 Å². The summed E-state index contributed by atoms with van der Waals surface area (Å²) < 4.78 is 39.1. The number of rotatable bonds is 5. The monoisotopic (exact) mass is 369 g/mol. The Bertz CT molecular complexity index is 924. The van der Waals surface area contributed by atoms with E-state index in [1.165, 1.54) is 24.3 Å². The first kappa shape index (κ1) is 18.5. The van der Waals surface area contributed by atoms with Gasteiger partial charge in [-0.05, 0) is 48.0 Å². The summed E-state index contributed by atoms with van der Waals surface area (Å²) in [5.41, 5.74) is 1.07. The first-order valence-electron chi connectivity index (χ1n) is 8.20. The molecule has 137 valence electrons. The zero-order valence-corrected chi connectivity index (χ0v) is 14.2. The second-order valence-electron chi connectivity index (χ2n) is 5.84. The summed E-state index contributed by atoms with van der Waals surface area (Å²) in [5, 5.41) is 5.67. The smallest absolute Gasteiger partial charge is 0.355 e. The van der Waals surface area contributed by atoms with Gasteiger partial charge in [-0.25, -0.2) is 0 Å². The highest BCUT2D eigenvalue weighted by Crippen LogP contribution is 2.31. The molecule has 0 saturated carbocycles. The van der Waals surface area contributed by atoms with E-state index in [-0.39, 0.29) is 12.1 Å². The van der Waals surface area contributed by atoms with Gasteiger partial charge < -0.3 is 10.6 Å². The molecule has 3 nitrogen and oxygen atoms in total. The number of amides is 1. The fourth-order valence-corrected chi connectivity index (χ4v) is 2.59. The largest absolute Gasteiger partial charge is 0.416 e. The maximum Gasteiger partial charge on any atom is 0.416 e. The topological polar surface area (TPSA) is 41.1 Å². The number of para-hydroxylation sites is 1. The molecule has 27 heavy (non-hydrogen) atoms. The lowest BCUT2D eigenvalue weighted by Crippen LogP contribution is -2.24. The van der Waals surface area contributed by atoms with Crippen molar-refractivity contribution in [2.24, 2.45) is 0 Å². The van der Waals surface area contributed by atoms with Crippen LogP contribution in [0.25, 0.3) is 0 Å². The van der Waals surface area contributed by atoms with Crippen LogP contribution in [0.5, 0.6) is 0 Å². The second-order valence-corrected chi connectivity index (χ2v) is 5.84. The zero-order valence-electron chi connectivity index (χ0n) is 14.2. The van der Waals surface area contributed by atoms with Crippen molar-refractivity contribution in [3.8, 4) is 0 Å². The van der Waals surface area contributed by atoms with Gasteiger partial charge in [-0.2, -0.15) is 13.2 Å². The van der Waals surface area contributed by atoms with Crippen LogP contribution in [0.3, 0.4) is 0 Å². The van der Waals surface area contributed by atoms with E-state index in [1.807, 2.05) is 30.3 Å². The Hall–Kier alpha value is -3.28. The number of nitrogens with one attached hydrogen (secondary N) is 2. The minimum absolute atomic E-state index is 0.0147. The van der Waals surface area contributed by atoms with E-state index in [1.54, 1.807) is 12.1 Å². The summed E-state index contributed by atoms with van der Waals surface area (Å²) in [6.45, 7) is -0.217. The third kappa shape index (κ3) is 4.88. The molecule has 0 heterocycles. The highest BCUT2D eigenvalue weighted by Gasteiger charge is 2.32. The van der Waals surface area contributed by atoms with Crippen LogP contribution in [0.1, 0.15) is 21.5 Å². The van der Waals surface area contributed by atoms with Crippen molar-refractivity contribution in [1.82, 2.24) is 5.32 Å². The van der Waals surface area contributed by atoms with Crippen LogP contribution in [0.15, 0.2) is 72.8 Å². The molecule has 0 saturated heterocycles. The van der Waals surface area contributed by atoms with Crippen molar-refractivity contribution in [3.63, 3.8) is 0 Å². The standard InChI is InChI=1S/C21H16F3N2O/c22-21(23,24)19-12-5-4-7-16(19)14-25-20(27)15-8-6-11-18(13-15)26-17-9-2-1-3-10-17/h1-5,7-13,26H,14H2,(H,25,27). The molecule has 3 aromatic rings. The number of hydrogen-bond donors (Lipinski definition) is 2. The number of benzene rings is 3. The van der Waals surface area contributed by atoms with Gasteiger partial charge in [-0.1, -0.05) is 36.4 Å². The number of alkyl halides is 3. The number of halogens is 3. The van der Waals surface area contributed by atoms with Crippen molar-refractivity contribution in [2.75, 3.05) is 5.32 Å². The second kappa shape index (κ2) is 7.95. The van der Waals surface area contributed by atoms with Gasteiger partial charge in [0, 0.05) is 23.5 Å². The van der Waals surface area contributed by atoms with Crippen molar-refractivity contribution in [1.29, 1.82) is 0 Å². The highest BCUT2D eigenvalue weighted by molar-refractivity contribution is 5.95. The van der Waals surface area contributed by atoms with E-state index >= 15 is 0 Å². The van der Waals surface area contributed by atoms with Gasteiger partial charge in [0.1, 0.15) is 0 Å². The molecule has 0 fully saturated rings. The molecule has 1 amide bonds. The Morgan fingerprint density at radius 1 is 0.926 bits per heavy atom. The lowest BCUT2D eigenvalue weighted by molar-refractivity contribution is -0.138. The Morgan fingerprint density at radius 2 is 1.63 bits per heavy atom. The molecular weight excluding hydrogens is 353 g/mol. The molecule has 0 aliphatic rings. The summed E-state index contributed by atoms with van der Waals surface area (Å²) in [5.74, 6) is -0.472. The molecule has 0 spiro atoms. The van der Waals surface area contributed by atoms with Crippen molar-refractivity contribution >= 4 is 17.3 Å². The van der Waals surface area contributed by atoms with Crippen LogP contribution >= 0.6 is 0 Å². The summed E-state index contributed by atoms with van der Waals surface area (Å²) in [4.78, 5) is 12.3. The van der Waals surface area contributed by atoms with Crippen LogP contribution in [0.4, 0.5) is 24.5 Å². The van der Waals surface area contributed by atoms with Gasteiger partial charge >= 0.3 is 6.18 Å². The Balaban J connectivity index is 1.70. The van der Waals surface area contributed by atoms with Crippen LogP contribution < -0.4 is 10.6 Å². The number of carbonyl (C=O) groups excluding carboxylic acids is 1. The SMILES string of the molecule is O=C(NCc1ccccc1C(F)(F)F)c1c[c]cc(Nc2ccccc2)c1. The average molecular weight is 369 g/mol. The molecule has 3 aromatic carbocycles. The van der Waals surface area contributed by atoms with E-state index in [2.05, 4.69) is 16.7 Å². The number of anilines is 2. The minimum Gasteiger partial charge on any atom is -0.355 e. The van der Waals surface area contributed by atoms with Crippen molar-refractivity contribution < 1.29 is 18.0 Å². The fraction of sp³-hybridized carbons (Fsp3) is 0.0952. The molecule has 0 atom stereocenters. The van der Waals surface area contributed by atoms with Gasteiger partial charge in [0.25, 0.3) is 5.91 Å². The van der Waals surface area contributed by atoms with E-state index in [0.29, 0.717) is 11.3 Å². The van der Waals surface area contributed by atoms with Gasteiger partial charge in [-0.3, -0.25) is 4.79 Å². The zero-order chi connectivity index (χ0) is 19.3. The molecule has 0 aromatic heterocycles. The Kier molecular flexibility index (Phi) is 5.45. The lowest BCUT2D eigenvalue weighted by Gasteiger charge is -2.13. The maximum atomic E-state index is 13.0. The Labute approximate surface area is 154 Å². The fourth-order valence-electron chi connectivity index (χ4n) is 2.59. The molecule has 3 rings (SSSR count). The van der Waals surface area contributed by atoms with E-state index in [0.717, 1.165) is 11.8 Å². The average Bonchev–Trinajstić information content (AvgIpc) is 2.66. The van der Waals surface area contributed by atoms with Gasteiger partial charge in [-0.15, -0.1) is 0 Å². The van der Waals surface area contributed by atoms with E-state index in [9.17, 15) is 18.0 Å². The molecule has 6 heteroatoms. The first-order chi connectivity index (χ1) is 12.9. The van der Waals surface area contributed by atoms with Crippen molar-refractivity contribution in [3.05, 3.63) is 95.6 Å². The van der Waals surface area contributed by atoms with Crippen LogP contribution in [0.2, 0.25) is 0 Å². The van der Waals surface area contributed by atoms with Gasteiger partial charge in [0.05, 0.1) is 5.56 Å². The molecular formula is C21H16F3N2O. The third-order valence-corrected chi connectivity index (χ3v) is 3.88. The van der Waals surface area contributed by atoms with Gasteiger partial charge in [0.15, 0.2) is 0 Å². The normalized spacial score (nSPS) is 11.1. The summed E-state index contributed by atoms with van der Waals surface area (Å²) in [7, 11) is 0. The quantitative estimate of drug-likeness (QED) is 0.651. The van der Waals surface area contributed by atoms with Crippen LogP contribution in [-0.4, -0.2) is 5.91 Å². The molecule has 0 aliphatic heterocycles. The third-order valence-electron chi connectivity index (χ3n) is 3.88. The molecule has 1 radical (unpaired) electrons. The first-order valence-corrected chi connectivity index (χ1v) is 8.20. The van der Waals surface area contributed by atoms with Gasteiger partial charge in [0.2, 0.25) is 0 Å². The van der Waals surface area contributed by atoms with E-state index in [4.69, 9.17) is 0 Å². The highest BCUT2D eigenvalue weighted by atomic mass is 19.4. The van der Waals surface area contributed by atoms with Crippen LogP contribution in [0, 0.1) is 6.07 Å². The summed E-state index contributed by atoms with van der Waals surface area (Å²) >= 11 is 0. The molecule has 0 bridgehead atoms. The molecule has 0 unspecified atom stereocenters. The maximum absolute atomic E-state index is 13.0. The van der Waals surface area contributed by atoms with Crippen LogP contribution in [-0.2, 0) is 12.7 Å². The Morgan fingerprint density at radius 3 is 2.37 bits per heavy atom. The number of carbonyl (C=O) groups is 1.